The van der Waals surface area contributed by atoms with Crippen LogP contribution in [-0.2, 0) is 7.05 Å². The van der Waals surface area contributed by atoms with Crippen molar-refractivity contribution in [2.75, 3.05) is 5.32 Å². The summed E-state index contributed by atoms with van der Waals surface area (Å²) < 4.78 is 1.35. The fraction of sp³-hybridized carbons (Fsp3) is 0.0833. The van der Waals surface area contributed by atoms with Crippen LogP contribution in [0.2, 0.25) is 5.02 Å². The lowest BCUT2D eigenvalue weighted by Gasteiger charge is -2.04. The maximum absolute atomic E-state index is 12.1. The molecule has 0 saturated heterocycles. The monoisotopic (exact) mass is 305 g/mol. The van der Waals surface area contributed by atoms with Gasteiger partial charge in [-0.25, -0.2) is 0 Å². The molecule has 0 atom stereocenters. The van der Waals surface area contributed by atoms with Crippen molar-refractivity contribution in [3.05, 3.63) is 50.7 Å². The van der Waals surface area contributed by atoms with Gasteiger partial charge in [0.05, 0.1) is 4.92 Å². The number of halogens is 1. The largest absolute Gasteiger partial charge is 0.304 e. The van der Waals surface area contributed by atoms with Crippen LogP contribution in [0, 0.1) is 21.4 Å². The van der Waals surface area contributed by atoms with E-state index in [4.69, 9.17) is 16.9 Å². The van der Waals surface area contributed by atoms with Gasteiger partial charge in [-0.1, -0.05) is 11.6 Å². The second-order valence-corrected chi connectivity index (χ2v) is 4.49. The van der Waals surface area contributed by atoms with Gasteiger partial charge in [0, 0.05) is 24.3 Å². The summed E-state index contributed by atoms with van der Waals surface area (Å²) in [5.41, 5.74) is -0.441. The van der Waals surface area contributed by atoms with Crippen LogP contribution in [0.3, 0.4) is 0 Å². The van der Waals surface area contributed by atoms with Gasteiger partial charge in [0.25, 0.3) is 11.6 Å². The third kappa shape index (κ3) is 2.98. The first-order valence-corrected chi connectivity index (χ1v) is 5.99. The summed E-state index contributed by atoms with van der Waals surface area (Å²) in [5.74, 6) is -0.737. The lowest BCUT2D eigenvalue weighted by molar-refractivity contribution is -0.385. The number of amides is 1. The molecule has 0 bridgehead atoms. The highest BCUT2D eigenvalue weighted by Gasteiger charge is 2.22. The zero-order valence-corrected chi connectivity index (χ0v) is 11.5. The van der Waals surface area contributed by atoms with Crippen LogP contribution in [0.5, 0.6) is 0 Å². The Hall–Kier alpha value is -2.92. The number of rotatable bonds is 3. The summed E-state index contributed by atoms with van der Waals surface area (Å²) in [6.45, 7) is 0. The van der Waals surface area contributed by atoms with Crippen molar-refractivity contribution < 1.29 is 9.72 Å². The Balaban J connectivity index is 2.39. The fourth-order valence-corrected chi connectivity index (χ4v) is 1.86. The zero-order valence-electron chi connectivity index (χ0n) is 10.7. The van der Waals surface area contributed by atoms with E-state index in [-0.39, 0.29) is 27.7 Å². The number of benzene rings is 1. The standard InChI is InChI=1S/C12H8ClN5O3/c1-17-6-7(5-14)11(16-17)15-12(19)9-4-8(13)2-3-10(9)18(20)21/h2-4,6H,1H3,(H,15,16,19). The predicted octanol–water partition coefficient (Wildman–Crippen LogP) is 2.11. The molecule has 1 aromatic carbocycles. The minimum atomic E-state index is -0.764. The number of aryl methyl sites for hydroxylation is 1. The molecule has 21 heavy (non-hydrogen) atoms. The minimum Gasteiger partial charge on any atom is -0.304 e. The SMILES string of the molecule is Cn1cc(C#N)c(NC(=O)c2cc(Cl)ccc2[N+](=O)[O-])n1. The van der Waals surface area contributed by atoms with E-state index in [0.717, 1.165) is 6.07 Å². The van der Waals surface area contributed by atoms with Crippen molar-refractivity contribution in [3.63, 3.8) is 0 Å². The molecule has 2 rings (SSSR count). The Morgan fingerprint density at radius 2 is 2.29 bits per heavy atom. The van der Waals surface area contributed by atoms with E-state index in [1.165, 1.54) is 23.0 Å². The first-order valence-electron chi connectivity index (χ1n) is 5.61. The lowest BCUT2D eigenvalue weighted by Crippen LogP contribution is -2.15. The molecule has 9 heteroatoms. The smallest absolute Gasteiger partial charge is 0.282 e. The first-order chi connectivity index (χ1) is 9.92. The quantitative estimate of drug-likeness (QED) is 0.689. The number of carbonyl (C=O) groups excluding carboxylic acids is 1. The van der Waals surface area contributed by atoms with Gasteiger partial charge in [0.15, 0.2) is 5.82 Å². The Kier molecular flexibility index (Phi) is 3.86. The van der Waals surface area contributed by atoms with Crippen molar-refractivity contribution in [2.45, 2.75) is 0 Å². The first kappa shape index (κ1) is 14.5. The van der Waals surface area contributed by atoms with Crippen molar-refractivity contribution >= 4 is 29.0 Å². The van der Waals surface area contributed by atoms with E-state index in [2.05, 4.69) is 10.4 Å². The number of hydrogen-bond donors (Lipinski definition) is 1. The summed E-state index contributed by atoms with van der Waals surface area (Å²) in [5, 5.41) is 26.3. The Morgan fingerprint density at radius 1 is 1.57 bits per heavy atom. The number of anilines is 1. The summed E-state index contributed by atoms with van der Waals surface area (Å²) in [4.78, 5) is 22.4. The van der Waals surface area contributed by atoms with Gasteiger partial charge in [-0.05, 0) is 12.1 Å². The molecule has 0 unspecified atom stereocenters. The molecule has 1 amide bonds. The average molecular weight is 306 g/mol. The number of aromatic nitrogens is 2. The number of nitrogens with zero attached hydrogens (tertiary/aromatic N) is 4. The highest BCUT2D eigenvalue weighted by Crippen LogP contribution is 2.24. The van der Waals surface area contributed by atoms with E-state index in [9.17, 15) is 14.9 Å². The van der Waals surface area contributed by atoms with Crippen LogP contribution in [0.25, 0.3) is 0 Å². The molecule has 0 spiro atoms. The second kappa shape index (κ2) is 5.60. The van der Waals surface area contributed by atoms with Crippen LogP contribution < -0.4 is 5.32 Å². The highest BCUT2D eigenvalue weighted by atomic mass is 35.5. The average Bonchev–Trinajstić information content (AvgIpc) is 2.78. The fourth-order valence-electron chi connectivity index (χ4n) is 1.69. The maximum atomic E-state index is 12.1. The summed E-state index contributed by atoms with van der Waals surface area (Å²) in [7, 11) is 1.58. The molecule has 0 fully saturated rings. The molecule has 2 aromatic rings. The van der Waals surface area contributed by atoms with Gasteiger partial charge >= 0.3 is 0 Å². The van der Waals surface area contributed by atoms with Crippen LogP contribution >= 0.6 is 11.6 Å². The van der Waals surface area contributed by atoms with Gasteiger partial charge in [-0.3, -0.25) is 19.6 Å². The molecule has 1 aromatic heterocycles. The van der Waals surface area contributed by atoms with Crippen molar-refractivity contribution in [1.82, 2.24) is 9.78 Å². The van der Waals surface area contributed by atoms with Gasteiger partial charge in [0.2, 0.25) is 0 Å². The second-order valence-electron chi connectivity index (χ2n) is 4.05. The number of nitro groups is 1. The topological polar surface area (TPSA) is 114 Å². The Labute approximate surface area is 123 Å². The van der Waals surface area contributed by atoms with Crippen LogP contribution in [-0.4, -0.2) is 20.6 Å². The molecule has 1 N–H and O–H groups in total. The van der Waals surface area contributed by atoms with Gasteiger partial charge in [-0.15, -0.1) is 0 Å². The molecule has 0 aliphatic heterocycles. The third-order valence-corrected chi connectivity index (χ3v) is 2.82. The van der Waals surface area contributed by atoms with E-state index >= 15 is 0 Å². The molecule has 0 aliphatic rings. The molecule has 1 heterocycles. The molecule has 0 saturated carbocycles. The maximum Gasteiger partial charge on any atom is 0.282 e. The Morgan fingerprint density at radius 3 is 2.90 bits per heavy atom. The normalized spacial score (nSPS) is 9.95. The summed E-state index contributed by atoms with van der Waals surface area (Å²) >= 11 is 5.76. The van der Waals surface area contributed by atoms with E-state index in [0.29, 0.717) is 0 Å². The number of nitriles is 1. The zero-order chi connectivity index (χ0) is 15.6. The van der Waals surface area contributed by atoms with Crippen molar-refractivity contribution in [3.8, 4) is 6.07 Å². The minimum absolute atomic E-state index is 0.0271. The molecular formula is C12H8ClN5O3. The highest BCUT2D eigenvalue weighted by molar-refractivity contribution is 6.31. The summed E-state index contributed by atoms with van der Waals surface area (Å²) in [6.07, 6.45) is 1.42. The van der Waals surface area contributed by atoms with Crippen molar-refractivity contribution in [2.24, 2.45) is 7.05 Å². The Bertz CT molecular complexity index is 778. The molecular weight excluding hydrogens is 298 g/mol. The number of nitro benzene ring substituents is 1. The third-order valence-electron chi connectivity index (χ3n) is 2.58. The molecule has 0 aliphatic carbocycles. The van der Waals surface area contributed by atoms with Crippen LogP contribution in [0.15, 0.2) is 24.4 Å². The van der Waals surface area contributed by atoms with Gasteiger partial charge in [0.1, 0.15) is 17.2 Å². The van der Waals surface area contributed by atoms with E-state index in [1.54, 1.807) is 7.05 Å². The number of hydrogen-bond acceptors (Lipinski definition) is 5. The van der Waals surface area contributed by atoms with Crippen molar-refractivity contribution in [1.29, 1.82) is 5.26 Å². The lowest BCUT2D eigenvalue weighted by atomic mass is 10.1. The molecule has 106 valence electrons. The van der Waals surface area contributed by atoms with Gasteiger partial charge < -0.3 is 5.32 Å². The van der Waals surface area contributed by atoms with Crippen LogP contribution in [0.1, 0.15) is 15.9 Å². The van der Waals surface area contributed by atoms with E-state index in [1.807, 2.05) is 6.07 Å². The van der Waals surface area contributed by atoms with Gasteiger partial charge in [-0.2, -0.15) is 10.4 Å². The number of carbonyl (C=O) groups is 1. The molecule has 0 radical (unpaired) electrons. The molecule has 8 nitrogen and oxygen atoms in total. The van der Waals surface area contributed by atoms with Crippen LogP contribution in [0.4, 0.5) is 11.5 Å². The predicted molar refractivity (Wildman–Crippen MR) is 74.0 cm³/mol. The summed E-state index contributed by atoms with van der Waals surface area (Å²) in [6, 6.07) is 5.51. The van der Waals surface area contributed by atoms with E-state index < -0.39 is 10.8 Å². The number of nitrogens with one attached hydrogen (secondary N) is 1.